The van der Waals surface area contributed by atoms with Gasteiger partial charge in [0, 0.05) is 5.56 Å². The van der Waals surface area contributed by atoms with Crippen LogP contribution in [0.4, 0.5) is 13.2 Å². The number of phenols is 1. The molecular formula is C16H13F3N2O4. The molecule has 0 aliphatic carbocycles. The highest BCUT2D eigenvalue weighted by Gasteiger charge is 2.30. The molecule has 1 amide bonds. The molecule has 0 aromatic heterocycles. The molecule has 132 valence electrons. The summed E-state index contributed by atoms with van der Waals surface area (Å²) in [7, 11) is 1.35. The van der Waals surface area contributed by atoms with Crippen LogP contribution in [0, 0.1) is 0 Å². The van der Waals surface area contributed by atoms with E-state index in [0.717, 1.165) is 12.1 Å². The van der Waals surface area contributed by atoms with E-state index in [1.807, 2.05) is 0 Å². The number of hydrogen-bond acceptors (Lipinski definition) is 5. The third-order valence-electron chi connectivity index (χ3n) is 2.94. The number of rotatable bonds is 5. The number of nitrogens with one attached hydrogen (secondary N) is 1. The maximum atomic E-state index is 12.1. The molecular weight excluding hydrogens is 341 g/mol. The molecule has 0 unspecified atom stereocenters. The van der Waals surface area contributed by atoms with Crippen molar-refractivity contribution in [3.05, 3.63) is 53.6 Å². The standard InChI is InChI=1S/C16H13F3N2O4/c1-24-14-8-11(4-7-13(14)22)15(23)21-20-9-10-2-5-12(6-3-10)25-16(17,18)19/h2-9,22H,1H3,(H,21,23)/b20-9+. The van der Waals surface area contributed by atoms with E-state index in [4.69, 9.17) is 4.74 Å². The van der Waals surface area contributed by atoms with Gasteiger partial charge in [-0.3, -0.25) is 4.79 Å². The number of carbonyl (C=O) groups is 1. The van der Waals surface area contributed by atoms with Gasteiger partial charge in [0.2, 0.25) is 0 Å². The second-order valence-corrected chi connectivity index (χ2v) is 4.70. The lowest BCUT2D eigenvalue weighted by Crippen LogP contribution is -2.17. The summed E-state index contributed by atoms with van der Waals surface area (Å²) in [6.07, 6.45) is -3.50. The van der Waals surface area contributed by atoms with Gasteiger partial charge in [0.1, 0.15) is 5.75 Å². The van der Waals surface area contributed by atoms with Crippen molar-refractivity contribution in [3.63, 3.8) is 0 Å². The first kappa shape index (κ1) is 18.1. The van der Waals surface area contributed by atoms with Crippen molar-refractivity contribution in [3.8, 4) is 17.2 Å². The van der Waals surface area contributed by atoms with Gasteiger partial charge in [-0.15, -0.1) is 13.2 Å². The van der Waals surface area contributed by atoms with Crippen molar-refractivity contribution in [1.29, 1.82) is 0 Å². The number of methoxy groups -OCH3 is 1. The molecule has 0 aliphatic heterocycles. The smallest absolute Gasteiger partial charge is 0.504 e. The molecule has 0 fully saturated rings. The predicted molar refractivity (Wildman–Crippen MR) is 82.8 cm³/mol. The van der Waals surface area contributed by atoms with Crippen LogP contribution in [0.2, 0.25) is 0 Å². The highest BCUT2D eigenvalue weighted by Crippen LogP contribution is 2.26. The third-order valence-corrected chi connectivity index (χ3v) is 2.94. The van der Waals surface area contributed by atoms with Crippen molar-refractivity contribution in [2.24, 2.45) is 5.10 Å². The minimum atomic E-state index is -4.76. The van der Waals surface area contributed by atoms with Gasteiger partial charge in [-0.2, -0.15) is 5.10 Å². The van der Waals surface area contributed by atoms with Crippen molar-refractivity contribution in [1.82, 2.24) is 5.43 Å². The number of ether oxygens (including phenoxy) is 2. The molecule has 0 atom stereocenters. The number of hydrazone groups is 1. The molecule has 0 spiro atoms. The van der Waals surface area contributed by atoms with Crippen LogP contribution in [0.1, 0.15) is 15.9 Å². The van der Waals surface area contributed by atoms with Crippen LogP contribution in [0.25, 0.3) is 0 Å². The highest BCUT2D eigenvalue weighted by molar-refractivity contribution is 5.95. The first-order valence-electron chi connectivity index (χ1n) is 6.85. The summed E-state index contributed by atoms with van der Waals surface area (Å²) in [6.45, 7) is 0. The summed E-state index contributed by atoms with van der Waals surface area (Å²) in [5.74, 6) is -0.878. The van der Waals surface area contributed by atoms with E-state index in [-0.39, 0.29) is 22.8 Å². The van der Waals surface area contributed by atoms with Crippen LogP contribution in [0.3, 0.4) is 0 Å². The lowest BCUT2D eigenvalue weighted by Gasteiger charge is -2.08. The SMILES string of the molecule is COc1cc(C(=O)N/N=C/c2ccc(OC(F)(F)F)cc2)ccc1O. The monoisotopic (exact) mass is 354 g/mol. The molecule has 2 N–H and O–H groups in total. The maximum Gasteiger partial charge on any atom is 0.573 e. The van der Waals surface area contributed by atoms with Crippen molar-refractivity contribution in [2.45, 2.75) is 6.36 Å². The van der Waals surface area contributed by atoms with Crippen LogP contribution < -0.4 is 14.9 Å². The van der Waals surface area contributed by atoms with Gasteiger partial charge in [0.05, 0.1) is 13.3 Å². The molecule has 2 rings (SSSR count). The van der Waals surface area contributed by atoms with E-state index in [1.54, 1.807) is 0 Å². The molecule has 9 heteroatoms. The fraction of sp³-hybridized carbons (Fsp3) is 0.125. The second-order valence-electron chi connectivity index (χ2n) is 4.70. The average Bonchev–Trinajstić information content (AvgIpc) is 2.55. The molecule has 2 aromatic carbocycles. The zero-order chi connectivity index (χ0) is 18.4. The molecule has 0 bridgehead atoms. The van der Waals surface area contributed by atoms with Crippen molar-refractivity contribution < 1.29 is 32.5 Å². The van der Waals surface area contributed by atoms with Crippen LogP contribution in [-0.2, 0) is 0 Å². The van der Waals surface area contributed by atoms with E-state index >= 15 is 0 Å². The van der Waals surface area contributed by atoms with Gasteiger partial charge in [-0.25, -0.2) is 5.43 Å². The van der Waals surface area contributed by atoms with E-state index < -0.39 is 12.3 Å². The lowest BCUT2D eigenvalue weighted by molar-refractivity contribution is -0.274. The molecule has 2 aromatic rings. The van der Waals surface area contributed by atoms with Gasteiger partial charge in [0.15, 0.2) is 11.5 Å². The van der Waals surface area contributed by atoms with Crippen LogP contribution in [0.15, 0.2) is 47.6 Å². The van der Waals surface area contributed by atoms with E-state index in [0.29, 0.717) is 5.56 Å². The molecule has 0 aliphatic rings. The fourth-order valence-corrected chi connectivity index (χ4v) is 1.80. The van der Waals surface area contributed by atoms with Gasteiger partial charge < -0.3 is 14.6 Å². The van der Waals surface area contributed by atoms with E-state index in [9.17, 15) is 23.1 Å². The van der Waals surface area contributed by atoms with Gasteiger partial charge in [0.25, 0.3) is 5.91 Å². The molecule has 25 heavy (non-hydrogen) atoms. The van der Waals surface area contributed by atoms with E-state index in [1.165, 1.54) is 43.7 Å². The Hall–Kier alpha value is -3.23. The zero-order valence-corrected chi connectivity index (χ0v) is 12.9. The second kappa shape index (κ2) is 7.56. The maximum absolute atomic E-state index is 12.1. The molecule has 0 radical (unpaired) electrons. The van der Waals surface area contributed by atoms with Gasteiger partial charge >= 0.3 is 6.36 Å². The fourth-order valence-electron chi connectivity index (χ4n) is 1.80. The zero-order valence-electron chi connectivity index (χ0n) is 12.9. The summed E-state index contributed by atoms with van der Waals surface area (Å²) >= 11 is 0. The Morgan fingerprint density at radius 2 is 1.88 bits per heavy atom. The Morgan fingerprint density at radius 3 is 2.48 bits per heavy atom. The van der Waals surface area contributed by atoms with Crippen molar-refractivity contribution >= 4 is 12.1 Å². The number of phenolic OH excluding ortho intramolecular Hbond substituents is 1. The molecule has 0 heterocycles. The number of carbonyl (C=O) groups excluding carboxylic acids is 1. The molecule has 0 saturated heterocycles. The van der Waals surface area contributed by atoms with Crippen molar-refractivity contribution in [2.75, 3.05) is 7.11 Å². The van der Waals surface area contributed by atoms with Gasteiger partial charge in [-0.1, -0.05) is 0 Å². The van der Waals surface area contributed by atoms with Crippen LogP contribution >= 0.6 is 0 Å². The van der Waals surface area contributed by atoms with E-state index in [2.05, 4.69) is 15.3 Å². The normalized spacial score (nSPS) is 11.4. The molecule has 6 nitrogen and oxygen atoms in total. The number of hydrogen-bond donors (Lipinski definition) is 2. The predicted octanol–water partition coefficient (Wildman–Crippen LogP) is 3.06. The number of aromatic hydroxyl groups is 1. The largest absolute Gasteiger partial charge is 0.573 e. The minimum Gasteiger partial charge on any atom is -0.504 e. The quantitative estimate of drug-likeness (QED) is 0.639. The first-order chi connectivity index (χ1) is 11.8. The molecule has 0 saturated carbocycles. The van der Waals surface area contributed by atoms with Gasteiger partial charge in [-0.05, 0) is 48.0 Å². The summed E-state index contributed by atoms with van der Waals surface area (Å²) < 4.78 is 44.8. The lowest BCUT2D eigenvalue weighted by atomic mass is 10.2. The highest BCUT2D eigenvalue weighted by atomic mass is 19.4. The Bertz CT molecular complexity index is 774. The number of amides is 1. The number of halogens is 3. The topological polar surface area (TPSA) is 80.2 Å². The third kappa shape index (κ3) is 5.41. The number of alkyl halides is 3. The van der Waals surface area contributed by atoms with Crippen LogP contribution in [0.5, 0.6) is 17.2 Å². The summed E-state index contributed by atoms with van der Waals surface area (Å²) in [5, 5.41) is 13.2. The number of benzene rings is 2. The average molecular weight is 354 g/mol. The van der Waals surface area contributed by atoms with Crippen LogP contribution in [-0.4, -0.2) is 30.7 Å². The minimum absolute atomic E-state index is 0.108. The Labute approximate surface area is 140 Å². The number of nitrogens with zero attached hydrogens (tertiary/aromatic N) is 1. The first-order valence-corrected chi connectivity index (χ1v) is 6.85. The Morgan fingerprint density at radius 1 is 1.20 bits per heavy atom. The Balaban J connectivity index is 1.97. The summed E-state index contributed by atoms with van der Waals surface area (Å²) in [5.41, 5.74) is 2.92. The summed E-state index contributed by atoms with van der Waals surface area (Å²) in [4.78, 5) is 11.9. The Kier molecular flexibility index (Phi) is 5.48. The summed E-state index contributed by atoms with van der Waals surface area (Å²) in [6, 6.07) is 8.97.